The highest BCUT2D eigenvalue weighted by molar-refractivity contribution is 5.31. The van der Waals surface area contributed by atoms with Gasteiger partial charge in [0.1, 0.15) is 0 Å². The Balaban J connectivity index is 1.72. The molecule has 100 valence electrons. The van der Waals surface area contributed by atoms with Crippen LogP contribution in [0.2, 0.25) is 0 Å². The van der Waals surface area contributed by atoms with E-state index in [0.717, 1.165) is 43.9 Å². The Bertz CT molecular complexity index is 550. The van der Waals surface area contributed by atoms with Crippen molar-refractivity contribution in [1.82, 2.24) is 15.5 Å². The van der Waals surface area contributed by atoms with Gasteiger partial charge in [0.2, 0.25) is 5.89 Å². The Labute approximate surface area is 113 Å². The maximum Gasteiger partial charge on any atom is 0.230 e. The second kappa shape index (κ2) is 5.53. The molecule has 1 unspecified atom stereocenters. The van der Waals surface area contributed by atoms with Gasteiger partial charge in [-0.25, -0.2) is 0 Å². The maximum atomic E-state index is 5.43. The molecule has 0 aliphatic heterocycles. The van der Waals surface area contributed by atoms with Crippen molar-refractivity contribution in [1.29, 1.82) is 0 Å². The summed E-state index contributed by atoms with van der Waals surface area (Å²) in [5.41, 5.74) is 2.89. The first-order chi connectivity index (χ1) is 9.36. The number of hydrogen-bond donors (Lipinski definition) is 1. The molecule has 1 aliphatic carbocycles. The maximum absolute atomic E-state index is 5.43. The Kier molecular flexibility index (Phi) is 3.60. The first kappa shape index (κ1) is 12.4. The summed E-state index contributed by atoms with van der Waals surface area (Å²) < 4.78 is 5.43. The van der Waals surface area contributed by atoms with Crippen molar-refractivity contribution in [3.63, 3.8) is 0 Å². The van der Waals surface area contributed by atoms with Gasteiger partial charge in [0.25, 0.3) is 0 Å². The number of rotatable bonds is 4. The van der Waals surface area contributed by atoms with Gasteiger partial charge in [0.15, 0.2) is 5.82 Å². The Morgan fingerprint density at radius 2 is 2.16 bits per heavy atom. The van der Waals surface area contributed by atoms with Crippen molar-refractivity contribution >= 4 is 0 Å². The van der Waals surface area contributed by atoms with Crippen molar-refractivity contribution in [3.05, 3.63) is 47.1 Å². The molecule has 0 amide bonds. The number of benzene rings is 1. The van der Waals surface area contributed by atoms with Crippen molar-refractivity contribution in [3.8, 4) is 0 Å². The number of fused-ring (bicyclic) bond motifs is 1. The molecule has 4 heteroatoms. The third kappa shape index (κ3) is 2.68. The van der Waals surface area contributed by atoms with Crippen LogP contribution in [0, 0.1) is 0 Å². The van der Waals surface area contributed by atoms with E-state index in [1.807, 2.05) is 7.05 Å². The predicted octanol–water partition coefficient (Wildman–Crippen LogP) is 2.10. The lowest BCUT2D eigenvalue weighted by Crippen LogP contribution is -2.13. The zero-order chi connectivity index (χ0) is 13.1. The van der Waals surface area contributed by atoms with Gasteiger partial charge in [-0.2, -0.15) is 4.98 Å². The van der Waals surface area contributed by atoms with E-state index < -0.39 is 0 Å². The second-order valence-corrected chi connectivity index (χ2v) is 5.11. The van der Waals surface area contributed by atoms with Gasteiger partial charge < -0.3 is 9.84 Å². The average Bonchev–Trinajstić information content (AvgIpc) is 2.93. The third-order valence-electron chi connectivity index (χ3n) is 3.78. The van der Waals surface area contributed by atoms with Gasteiger partial charge >= 0.3 is 0 Å². The van der Waals surface area contributed by atoms with Gasteiger partial charge in [-0.15, -0.1) is 0 Å². The minimum absolute atomic E-state index is 0.380. The molecule has 1 aromatic heterocycles. The van der Waals surface area contributed by atoms with Gasteiger partial charge in [-0.05, 0) is 37.4 Å². The summed E-state index contributed by atoms with van der Waals surface area (Å²) in [5.74, 6) is 1.99. The summed E-state index contributed by atoms with van der Waals surface area (Å²) in [6, 6.07) is 8.65. The minimum Gasteiger partial charge on any atom is -0.339 e. The van der Waals surface area contributed by atoms with Crippen LogP contribution in [-0.2, 0) is 19.3 Å². The molecule has 1 N–H and O–H groups in total. The fraction of sp³-hybridized carbons (Fsp3) is 0.467. The number of likely N-dealkylation sites (N-methyl/N-ethyl adjacent to an activating group) is 1. The van der Waals surface area contributed by atoms with Crippen LogP contribution in [0.5, 0.6) is 0 Å². The predicted molar refractivity (Wildman–Crippen MR) is 73.1 cm³/mol. The van der Waals surface area contributed by atoms with Crippen LogP contribution in [0.4, 0.5) is 0 Å². The third-order valence-corrected chi connectivity index (χ3v) is 3.78. The largest absolute Gasteiger partial charge is 0.339 e. The smallest absolute Gasteiger partial charge is 0.230 e. The molecule has 2 aromatic rings. The normalized spacial score (nSPS) is 18.3. The highest BCUT2D eigenvalue weighted by Gasteiger charge is 2.24. The zero-order valence-electron chi connectivity index (χ0n) is 11.2. The fourth-order valence-electron chi connectivity index (χ4n) is 2.68. The first-order valence-corrected chi connectivity index (χ1v) is 6.90. The summed E-state index contributed by atoms with van der Waals surface area (Å²) in [6.45, 7) is 0.881. The van der Waals surface area contributed by atoms with Crippen LogP contribution >= 0.6 is 0 Å². The van der Waals surface area contributed by atoms with Crippen LogP contribution in [0.1, 0.15) is 35.2 Å². The fourth-order valence-corrected chi connectivity index (χ4v) is 2.68. The van der Waals surface area contributed by atoms with Crippen molar-refractivity contribution < 1.29 is 4.52 Å². The van der Waals surface area contributed by atoms with Gasteiger partial charge in [-0.3, -0.25) is 0 Å². The standard InChI is InChI=1S/C15H19N3O/c1-16-9-8-14-17-15(19-18-14)13-7-6-11-4-2-3-5-12(11)10-13/h2-5,13,16H,6-10H2,1H3. The van der Waals surface area contributed by atoms with E-state index in [0.29, 0.717) is 5.92 Å². The lowest BCUT2D eigenvalue weighted by molar-refractivity contribution is 0.337. The molecule has 3 rings (SSSR count). The highest BCUT2D eigenvalue weighted by Crippen LogP contribution is 2.31. The van der Waals surface area contributed by atoms with Gasteiger partial charge in [0, 0.05) is 18.9 Å². The monoisotopic (exact) mass is 257 g/mol. The molecule has 0 bridgehead atoms. The van der Waals surface area contributed by atoms with Crippen LogP contribution in [0.3, 0.4) is 0 Å². The Morgan fingerprint density at radius 1 is 1.32 bits per heavy atom. The molecule has 1 aromatic carbocycles. The molecule has 4 nitrogen and oxygen atoms in total. The number of aryl methyl sites for hydroxylation is 1. The van der Waals surface area contributed by atoms with Crippen molar-refractivity contribution in [2.75, 3.05) is 13.6 Å². The first-order valence-electron chi connectivity index (χ1n) is 6.90. The molecular formula is C15H19N3O. The molecule has 0 fully saturated rings. The van der Waals surface area contributed by atoms with E-state index in [-0.39, 0.29) is 0 Å². The summed E-state index contributed by atoms with van der Waals surface area (Å²) >= 11 is 0. The number of nitrogens with one attached hydrogen (secondary N) is 1. The number of aromatic nitrogens is 2. The quantitative estimate of drug-likeness (QED) is 0.911. The number of nitrogens with zero attached hydrogens (tertiary/aromatic N) is 2. The van der Waals surface area contributed by atoms with E-state index in [4.69, 9.17) is 4.52 Å². The lowest BCUT2D eigenvalue weighted by Gasteiger charge is -2.21. The molecule has 1 atom stereocenters. The van der Waals surface area contributed by atoms with Crippen molar-refractivity contribution in [2.24, 2.45) is 0 Å². The Morgan fingerprint density at radius 3 is 3.00 bits per heavy atom. The van der Waals surface area contributed by atoms with E-state index in [9.17, 15) is 0 Å². The lowest BCUT2D eigenvalue weighted by atomic mass is 9.84. The second-order valence-electron chi connectivity index (χ2n) is 5.11. The molecule has 0 saturated heterocycles. The van der Waals surface area contributed by atoms with E-state index in [1.54, 1.807) is 0 Å². The summed E-state index contributed by atoms with van der Waals surface area (Å²) in [7, 11) is 1.93. The van der Waals surface area contributed by atoms with Gasteiger partial charge in [-0.1, -0.05) is 29.4 Å². The summed E-state index contributed by atoms with van der Waals surface area (Å²) in [5, 5.41) is 7.16. The number of hydrogen-bond acceptors (Lipinski definition) is 4. The molecule has 1 heterocycles. The molecule has 0 spiro atoms. The van der Waals surface area contributed by atoms with E-state index in [1.165, 1.54) is 11.1 Å². The molecule has 19 heavy (non-hydrogen) atoms. The van der Waals surface area contributed by atoms with Crippen LogP contribution in [0.25, 0.3) is 0 Å². The Hall–Kier alpha value is -1.68. The average molecular weight is 257 g/mol. The molecule has 0 saturated carbocycles. The van der Waals surface area contributed by atoms with Crippen LogP contribution in [0.15, 0.2) is 28.8 Å². The summed E-state index contributed by atoms with van der Waals surface area (Å²) in [6.07, 6.45) is 4.05. The topological polar surface area (TPSA) is 51.0 Å². The molecule has 1 aliphatic rings. The van der Waals surface area contributed by atoms with E-state index >= 15 is 0 Å². The van der Waals surface area contributed by atoms with E-state index in [2.05, 4.69) is 39.7 Å². The zero-order valence-corrected chi connectivity index (χ0v) is 11.2. The van der Waals surface area contributed by atoms with Crippen LogP contribution in [-0.4, -0.2) is 23.7 Å². The van der Waals surface area contributed by atoms with Crippen LogP contribution < -0.4 is 5.32 Å². The van der Waals surface area contributed by atoms with Crippen molar-refractivity contribution in [2.45, 2.75) is 31.6 Å². The minimum atomic E-state index is 0.380. The van der Waals surface area contributed by atoms with Gasteiger partial charge in [0.05, 0.1) is 0 Å². The molecular weight excluding hydrogens is 238 g/mol. The summed E-state index contributed by atoms with van der Waals surface area (Å²) in [4.78, 5) is 4.53. The molecule has 0 radical (unpaired) electrons. The highest BCUT2D eigenvalue weighted by atomic mass is 16.5. The SMILES string of the molecule is CNCCc1noc(C2CCc3ccccc3C2)n1.